The minimum atomic E-state index is -0.539. The van der Waals surface area contributed by atoms with E-state index < -0.39 is 4.92 Å². The van der Waals surface area contributed by atoms with E-state index in [1.165, 1.54) is 51.0 Å². The van der Waals surface area contributed by atoms with Gasteiger partial charge in [0.05, 0.1) is 0 Å². The maximum absolute atomic E-state index is 11.0. The summed E-state index contributed by atoms with van der Waals surface area (Å²) in [5.41, 5.74) is 11.8. The average Bonchev–Trinajstić information content (AvgIpc) is 2.62. The zero-order valence-electron chi connectivity index (χ0n) is 15.8. The van der Waals surface area contributed by atoms with E-state index in [2.05, 4.69) is 26.3 Å². The van der Waals surface area contributed by atoms with Crippen LogP contribution in [-0.2, 0) is 0 Å². The van der Waals surface area contributed by atoms with Gasteiger partial charge in [-0.2, -0.15) is 0 Å². The minimum absolute atomic E-state index is 0.0141. The number of nitrogens with two attached hydrogens (primary N) is 2. The van der Waals surface area contributed by atoms with E-state index in [9.17, 15) is 10.1 Å². The first kappa shape index (κ1) is 21.8. The molecule has 0 bridgehead atoms. The molecule has 0 aliphatic heterocycles. The molecular formula is C20H30BN3O2. The van der Waals surface area contributed by atoms with Gasteiger partial charge in [0.1, 0.15) is 0 Å². The second-order valence-electron chi connectivity index (χ2n) is 6.63. The molecule has 0 saturated heterocycles. The summed E-state index contributed by atoms with van der Waals surface area (Å²) in [6, 6.07) is 2.95. The standard InChI is InChI=1S/C20H30BN3O2/c1-2-3-4-5-6-7-8-9-10-16(15-21)11-12-17-13-18(22)20(23)19(14-17)24(25)26/h13-16,21H,2-10,22-23H2,1H3. The fourth-order valence-corrected chi connectivity index (χ4v) is 2.81. The first-order valence-corrected chi connectivity index (χ1v) is 9.47. The van der Waals surface area contributed by atoms with Gasteiger partial charge in [-0.3, -0.25) is 0 Å². The van der Waals surface area contributed by atoms with Crippen LogP contribution in [0.1, 0.15) is 70.3 Å². The molecule has 0 fully saturated rings. The predicted octanol–water partition coefficient (Wildman–Crippen LogP) is 3.96. The van der Waals surface area contributed by atoms with Crippen LogP contribution in [0.25, 0.3) is 0 Å². The Balaban J connectivity index is 2.51. The summed E-state index contributed by atoms with van der Waals surface area (Å²) in [4.78, 5) is 10.5. The van der Waals surface area contributed by atoms with E-state index in [4.69, 9.17) is 11.5 Å². The summed E-state index contributed by atoms with van der Waals surface area (Å²) >= 11 is 0. The zero-order chi connectivity index (χ0) is 19.4. The van der Waals surface area contributed by atoms with E-state index >= 15 is 0 Å². The van der Waals surface area contributed by atoms with Crippen LogP contribution in [0.4, 0.5) is 17.1 Å². The second kappa shape index (κ2) is 12.1. The van der Waals surface area contributed by atoms with Gasteiger partial charge in [-0.25, -0.2) is 0 Å². The molecule has 0 spiro atoms. The van der Waals surface area contributed by atoms with E-state index in [1.54, 1.807) is 6.07 Å². The van der Waals surface area contributed by atoms with E-state index in [0.717, 1.165) is 12.8 Å². The molecule has 0 aliphatic rings. The molecule has 140 valence electrons. The summed E-state index contributed by atoms with van der Waals surface area (Å²) < 4.78 is 0. The van der Waals surface area contributed by atoms with Crippen molar-refractivity contribution >= 4 is 30.5 Å². The normalized spacial score (nSPS) is 11.4. The quantitative estimate of drug-likeness (QED) is 0.157. The number of hydrogen-bond donors (Lipinski definition) is 2. The van der Waals surface area contributed by atoms with Crippen molar-refractivity contribution in [2.75, 3.05) is 11.5 Å². The number of nitro benzene ring substituents is 1. The van der Waals surface area contributed by atoms with Crippen LogP contribution < -0.4 is 11.5 Å². The van der Waals surface area contributed by atoms with Crippen LogP contribution in [0.15, 0.2) is 12.1 Å². The van der Waals surface area contributed by atoms with Crippen LogP contribution in [-0.4, -0.2) is 18.4 Å². The fraction of sp³-hybridized carbons (Fsp3) is 0.550. The molecule has 6 heteroatoms. The van der Waals surface area contributed by atoms with Crippen molar-refractivity contribution in [3.8, 4) is 11.8 Å². The molecule has 1 aromatic rings. The first-order chi connectivity index (χ1) is 12.5. The summed E-state index contributed by atoms with van der Waals surface area (Å²) in [6.07, 6.45) is 11.1. The van der Waals surface area contributed by atoms with Crippen molar-refractivity contribution in [1.82, 2.24) is 0 Å². The molecule has 0 aromatic heterocycles. The van der Waals surface area contributed by atoms with Crippen molar-refractivity contribution in [1.29, 1.82) is 0 Å². The molecule has 0 saturated carbocycles. The summed E-state index contributed by atoms with van der Waals surface area (Å²) in [6.45, 7) is 2.23. The number of rotatable bonds is 11. The monoisotopic (exact) mass is 355 g/mol. The molecule has 26 heavy (non-hydrogen) atoms. The van der Waals surface area contributed by atoms with Gasteiger partial charge < -0.3 is 0 Å². The summed E-state index contributed by atoms with van der Waals surface area (Å²) in [5, 5.41) is 11.0. The number of hydrogen-bond acceptors (Lipinski definition) is 4. The van der Waals surface area contributed by atoms with Gasteiger partial charge in [0.15, 0.2) is 0 Å². The molecule has 1 rings (SSSR count). The molecule has 5 nitrogen and oxygen atoms in total. The van der Waals surface area contributed by atoms with Gasteiger partial charge in [0, 0.05) is 0 Å². The Bertz CT molecular complexity index is 665. The molecule has 1 unspecified atom stereocenters. The van der Waals surface area contributed by atoms with Crippen molar-refractivity contribution in [2.45, 2.75) is 64.7 Å². The maximum atomic E-state index is 11.0. The number of benzene rings is 1. The van der Waals surface area contributed by atoms with Gasteiger partial charge in [-0.05, 0) is 0 Å². The van der Waals surface area contributed by atoms with Gasteiger partial charge >= 0.3 is 157 Å². The van der Waals surface area contributed by atoms with Crippen LogP contribution in [0.3, 0.4) is 0 Å². The van der Waals surface area contributed by atoms with Crippen LogP contribution in [0.2, 0.25) is 0 Å². The van der Waals surface area contributed by atoms with Gasteiger partial charge in [-0.15, -0.1) is 0 Å². The molecule has 1 atom stereocenters. The van der Waals surface area contributed by atoms with E-state index in [-0.39, 0.29) is 23.0 Å². The summed E-state index contributed by atoms with van der Waals surface area (Å²) in [5.74, 6) is 8.02. The van der Waals surface area contributed by atoms with Crippen LogP contribution >= 0.6 is 0 Å². The van der Waals surface area contributed by atoms with Gasteiger partial charge in [0.2, 0.25) is 0 Å². The Labute approximate surface area is 157 Å². The molecular weight excluding hydrogens is 325 g/mol. The third kappa shape index (κ3) is 7.73. The van der Waals surface area contributed by atoms with Crippen molar-refractivity contribution in [2.24, 2.45) is 5.92 Å². The Morgan fingerprint density at radius 2 is 1.77 bits per heavy atom. The number of nitro groups is 1. The topological polar surface area (TPSA) is 95.2 Å². The molecule has 0 radical (unpaired) electrons. The number of nitrogens with zero attached hydrogens (tertiary/aromatic N) is 1. The average molecular weight is 355 g/mol. The first-order valence-electron chi connectivity index (χ1n) is 9.47. The number of nitrogen functional groups attached to an aromatic ring is 2. The Morgan fingerprint density at radius 1 is 1.15 bits per heavy atom. The third-order valence-electron chi connectivity index (χ3n) is 4.44. The van der Waals surface area contributed by atoms with Crippen molar-refractivity contribution in [3.05, 3.63) is 27.8 Å². The Hall–Kier alpha value is -2.29. The van der Waals surface area contributed by atoms with Crippen LogP contribution in [0, 0.1) is 27.9 Å². The third-order valence-corrected chi connectivity index (χ3v) is 4.44. The van der Waals surface area contributed by atoms with Crippen LogP contribution in [0.5, 0.6) is 0 Å². The Kier molecular flexibility index (Phi) is 10.2. The van der Waals surface area contributed by atoms with E-state index in [1.807, 2.05) is 5.97 Å². The Morgan fingerprint density at radius 3 is 2.35 bits per heavy atom. The second-order valence-corrected chi connectivity index (χ2v) is 6.63. The van der Waals surface area contributed by atoms with Gasteiger partial charge in [-0.1, -0.05) is 0 Å². The number of anilines is 2. The fourth-order valence-electron chi connectivity index (χ4n) is 2.81. The van der Waals surface area contributed by atoms with Crippen molar-refractivity contribution in [3.63, 3.8) is 0 Å². The molecule has 4 N–H and O–H groups in total. The van der Waals surface area contributed by atoms with E-state index in [0.29, 0.717) is 5.56 Å². The molecule has 1 aromatic carbocycles. The van der Waals surface area contributed by atoms with Crippen molar-refractivity contribution < 1.29 is 4.92 Å². The SMILES string of the molecule is B=CC(C#Cc1cc(N)c(N)c([N+](=O)[O-])c1)CCCCCCCCCC. The predicted molar refractivity (Wildman–Crippen MR) is 113 cm³/mol. The molecule has 0 amide bonds. The molecule has 0 heterocycles. The summed E-state index contributed by atoms with van der Waals surface area (Å²) in [7, 11) is 3.84. The molecule has 0 aliphatic carbocycles. The zero-order valence-corrected chi connectivity index (χ0v) is 15.8. The number of unbranched alkanes of at least 4 members (excludes halogenated alkanes) is 7. The van der Waals surface area contributed by atoms with Gasteiger partial charge in [0.25, 0.3) is 0 Å².